The Labute approximate surface area is 171 Å². The van der Waals surface area contributed by atoms with Crippen LogP contribution < -0.4 is 14.2 Å². The second-order valence-electron chi connectivity index (χ2n) is 6.63. The number of ketones is 2. The van der Waals surface area contributed by atoms with E-state index in [0.717, 1.165) is 0 Å². The summed E-state index contributed by atoms with van der Waals surface area (Å²) < 4.78 is 26.6. The molecule has 0 amide bonds. The fourth-order valence-electron chi connectivity index (χ4n) is 4.01. The summed E-state index contributed by atoms with van der Waals surface area (Å²) in [5.74, 6) is -1.13. The van der Waals surface area contributed by atoms with Crippen molar-refractivity contribution < 1.29 is 37.7 Å². The summed E-state index contributed by atoms with van der Waals surface area (Å²) >= 11 is 0. The minimum atomic E-state index is -0.673. The maximum atomic E-state index is 13.6. The zero-order valence-corrected chi connectivity index (χ0v) is 17.0. The second-order valence-corrected chi connectivity index (χ2v) is 6.63. The Morgan fingerprint density at radius 1 is 0.900 bits per heavy atom. The van der Waals surface area contributed by atoms with Crippen LogP contribution in [0.4, 0.5) is 0 Å². The molecule has 8 heteroatoms. The molecule has 1 aromatic heterocycles. The van der Waals surface area contributed by atoms with Crippen LogP contribution in [0.5, 0.6) is 17.2 Å². The van der Waals surface area contributed by atoms with Gasteiger partial charge >= 0.3 is 5.97 Å². The Kier molecular flexibility index (Phi) is 4.49. The standard InChI is InChI=1S/C22H18O8/c1-9-13-11(8-12(26-2)14(9)22(25)29-5)17(23)15-16(18(13)24)19(27-3)10-6-7-30-20(10)21(15)28-4/h6-8H,1-5H3. The number of hydrogen-bond acceptors (Lipinski definition) is 8. The number of furan rings is 1. The number of fused-ring (bicyclic) bond motifs is 3. The van der Waals surface area contributed by atoms with Crippen LogP contribution in [0.15, 0.2) is 22.8 Å². The van der Waals surface area contributed by atoms with E-state index in [1.54, 1.807) is 13.0 Å². The molecule has 1 heterocycles. The van der Waals surface area contributed by atoms with Gasteiger partial charge in [-0.25, -0.2) is 4.79 Å². The van der Waals surface area contributed by atoms with Gasteiger partial charge in [0.2, 0.25) is 0 Å². The number of benzene rings is 2. The molecule has 0 N–H and O–H groups in total. The summed E-state index contributed by atoms with van der Waals surface area (Å²) in [6, 6.07) is 3.00. The molecule has 0 radical (unpaired) electrons. The summed E-state index contributed by atoms with van der Waals surface area (Å²) in [6.45, 7) is 1.57. The quantitative estimate of drug-likeness (QED) is 0.472. The molecule has 1 aliphatic carbocycles. The Bertz CT molecular complexity index is 1250. The summed E-state index contributed by atoms with van der Waals surface area (Å²) in [6.07, 6.45) is 1.42. The number of ether oxygens (including phenoxy) is 4. The first-order valence-corrected chi connectivity index (χ1v) is 8.95. The number of esters is 1. The van der Waals surface area contributed by atoms with E-state index in [9.17, 15) is 14.4 Å². The molecule has 2 aromatic carbocycles. The van der Waals surface area contributed by atoms with Gasteiger partial charge in [-0.15, -0.1) is 0 Å². The molecule has 8 nitrogen and oxygen atoms in total. The van der Waals surface area contributed by atoms with Gasteiger partial charge in [-0.2, -0.15) is 0 Å². The number of rotatable bonds is 4. The van der Waals surface area contributed by atoms with Crippen molar-refractivity contribution in [3.05, 3.63) is 51.8 Å². The van der Waals surface area contributed by atoms with Crippen molar-refractivity contribution in [3.63, 3.8) is 0 Å². The van der Waals surface area contributed by atoms with Crippen molar-refractivity contribution in [1.29, 1.82) is 0 Å². The van der Waals surface area contributed by atoms with Gasteiger partial charge in [0.05, 0.1) is 51.2 Å². The van der Waals surface area contributed by atoms with Gasteiger partial charge in [0.1, 0.15) is 17.1 Å². The third kappa shape index (κ3) is 2.36. The van der Waals surface area contributed by atoms with Crippen molar-refractivity contribution in [1.82, 2.24) is 0 Å². The fourth-order valence-corrected chi connectivity index (χ4v) is 4.01. The largest absolute Gasteiger partial charge is 0.496 e. The second kappa shape index (κ2) is 6.91. The number of carbonyl (C=O) groups is 3. The van der Waals surface area contributed by atoms with E-state index in [1.807, 2.05) is 0 Å². The first-order valence-electron chi connectivity index (χ1n) is 8.95. The summed E-state index contributed by atoms with van der Waals surface area (Å²) in [5, 5.41) is 0.497. The Balaban J connectivity index is 2.14. The van der Waals surface area contributed by atoms with Crippen molar-refractivity contribution in [2.45, 2.75) is 6.92 Å². The third-order valence-corrected chi connectivity index (χ3v) is 5.30. The van der Waals surface area contributed by atoms with Gasteiger partial charge in [0, 0.05) is 11.1 Å². The van der Waals surface area contributed by atoms with Crippen molar-refractivity contribution >= 4 is 28.5 Å². The van der Waals surface area contributed by atoms with E-state index in [0.29, 0.717) is 11.0 Å². The zero-order valence-electron chi connectivity index (χ0n) is 17.0. The molecule has 154 valence electrons. The highest BCUT2D eigenvalue weighted by Crippen LogP contribution is 2.47. The maximum absolute atomic E-state index is 13.6. The lowest BCUT2D eigenvalue weighted by atomic mass is 9.79. The number of carbonyl (C=O) groups excluding carboxylic acids is 3. The van der Waals surface area contributed by atoms with E-state index >= 15 is 0 Å². The molecule has 0 saturated heterocycles. The van der Waals surface area contributed by atoms with Crippen LogP contribution in [-0.2, 0) is 4.74 Å². The lowest BCUT2D eigenvalue weighted by molar-refractivity contribution is 0.0595. The molecule has 0 spiro atoms. The predicted molar refractivity (Wildman–Crippen MR) is 105 cm³/mol. The van der Waals surface area contributed by atoms with Gasteiger partial charge in [-0.1, -0.05) is 0 Å². The highest BCUT2D eigenvalue weighted by molar-refractivity contribution is 6.33. The number of methoxy groups -OCH3 is 4. The summed E-state index contributed by atoms with van der Waals surface area (Å²) in [7, 11) is 5.39. The molecular weight excluding hydrogens is 392 g/mol. The van der Waals surface area contributed by atoms with Gasteiger partial charge in [-0.05, 0) is 24.6 Å². The first kappa shape index (κ1) is 19.5. The average Bonchev–Trinajstić information content (AvgIpc) is 3.23. The van der Waals surface area contributed by atoms with Crippen LogP contribution in [-0.4, -0.2) is 46.0 Å². The molecule has 0 bridgehead atoms. The lowest BCUT2D eigenvalue weighted by Crippen LogP contribution is -2.25. The number of hydrogen-bond donors (Lipinski definition) is 0. The molecular formula is C22H18O8. The zero-order chi connectivity index (χ0) is 21.7. The molecule has 0 saturated carbocycles. The first-order chi connectivity index (χ1) is 14.4. The maximum Gasteiger partial charge on any atom is 0.341 e. The van der Waals surface area contributed by atoms with Crippen LogP contribution in [0.3, 0.4) is 0 Å². The molecule has 0 fully saturated rings. The topological polar surface area (TPSA) is 101 Å². The van der Waals surface area contributed by atoms with Crippen molar-refractivity contribution in [3.8, 4) is 17.2 Å². The van der Waals surface area contributed by atoms with Crippen LogP contribution >= 0.6 is 0 Å². The Morgan fingerprint density at radius 2 is 1.57 bits per heavy atom. The van der Waals surface area contributed by atoms with E-state index < -0.39 is 17.5 Å². The highest BCUT2D eigenvalue weighted by atomic mass is 16.5. The predicted octanol–water partition coefficient (Wildman–Crippen LogP) is 3.33. The fraction of sp³-hybridized carbons (Fsp3) is 0.227. The Morgan fingerprint density at radius 3 is 2.17 bits per heavy atom. The minimum absolute atomic E-state index is 0.0431. The molecule has 0 aliphatic heterocycles. The molecule has 4 rings (SSSR count). The highest BCUT2D eigenvalue weighted by Gasteiger charge is 2.40. The molecule has 30 heavy (non-hydrogen) atoms. The average molecular weight is 410 g/mol. The van der Waals surface area contributed by atoms with Gasteiger partial charge in [0.15, 0.2) is 22.9 Å². The normalized spacial score (nSPS) is 12.4. The summed E-state index contributed by atoms with van der Waals surface area (Å²) in [4.78, 5) is 39.5. The molecule has 0 atom stereocenters. The van der Waals surface area contributed by atoms with E-state index in [1.165, 1.54) is 40.8 Å². The van der Waals surface area contributed by atoms with Gasteiger partial charge < -0.3 is 23.4 Å². The van der Waals surface area contributed by atoms with Crippen molar-refractivity contribution in [2.75, 3.05) is 28.4 Å². The molecule has 0 unspecified atom stereocenters. The monoisotopic (exact) mass is 410 g/mol. The Hall–Kier alpha value is -3.81. The minimum Gasteiger partial charge on any atom is -0.496 e. The molecule has 3 aromatic rings. The van der Waals surface area contributed by atoms with Gasteiger partial charge in [-0.3, -0.25) is 9.59 Å². The van der Waals surface area contributed by atoms with E-state index in [-0.39, 0.29) is 50.6 Å². The van der Waals surface area contributed by atoms with Crippen LogP contribution in [0.1, 0.15) is 47.8 Å². The van der Waals surface area contributed by atoms with E-state index in [4.69, 9.17) is 23.4 Å². The van der Waals surface area contributed by atoms with Crippen LogP contribution in [0.2, 0.25) is 0 Å². The van der Waals surface area contributed by atoms with Gasteiger partial charge in [0.25, 0.3) is 0 Å². The lowest BCUT2D eigenvalue weighted by Gasteiger charge is -2.25. The van der Waals surface area contributed by atoms with Crippen LogP contribution in [0.25, 0.3) is 11.0 Å². The van der Waals surface area contributed by atoms with E-state index in [2.05, 4.69) is 0 Å². The summed E-state index contributed by atoms with van der Waals surface area (Å²) in [5.41, 5.74) is 0.962. The van der Waals surface area contributed by atoms with Crippen LogP contribution in [0, 0.1) is 6.92 Å². The smallest absolute Gasteiger partial charge is 0.341 e. The SMILES string of the molecule is COC(=O)c1c(OC)cc2c(c1C)C(=O)c1c(c(OC)c3occc3c1OC)C2=O. The molecule has 1 aliphatic rings. The van der Waals surface area contributed by atoms with Crippen molar-refractivity contribution in [2.24, 2.45) is 0 Å². The third-order valence-electron chi connectivity index (χ3n) is 5.30.